The smallest absolute Gasteiger partial charge is 0.251 e. The molecule has 1 aliphatic rings. The molecule has 3 nitrogen and oxygen atoms in total. The van der Waals surface area contributed by atoms with Crippen LogP contribution in [0.2, 0.25) is 0 Å². The van der Waals surface area contributed by atoms with Crippen LogP contribution in [0.3, 0.4) is 0 Å². The second kappa shape index (κ2) is 5.11. The van der Waals surface area contributed by atoms with Gasteiger partial charge in [0.25, 0.3) is 5.91 Å². The van der Waals surface area contributed by atoms with Gasteiger partial charge in [-0.25, -0.2) is 0 Å². The average molecular weight is 246 g/mol. The van der Waals surface area contributed by atoms with Crippen LogP contribution in [0, 0.1) is 26.7 Å². The summed E-state index contributed by atoms with van der Waals surface area (Å²) in [6, 6.07) is 4.46. The number of nitrogens with one attached hydrogen (secondary N) is 1. The third-order valence-corrected chi connectivity index (χ3v) is 3.73. The van der Waals surface area contributed by atoms with Crippen LogP contribution in [-0.4, -0.2) is 18.5 Å². The molecule has 3 N–H and O–H groups in total. The second-order valence-corrected chi connectivity index (χ2v) is 5.58. The SMILES string of the molecule is Cc1cc(C)c(C(=O)NCC2CC(N)C2)c(C)c1. The van der Waals surface area contributed by atoms with Gasteiger partial charge in [-0.15, -0.1) is 0 Å². The maximum absolute atomic E-state index is 12.2. The summed E-state index contributed by atoms with van der Waals surface area (Å²) in [5, 5.41) is 3.03. The Morgan fingerprint density at radius 3 is 2.33 bits per heavy atom. The summed E-state index contributed by atoms with van der Waals surface area (Å²) in [5.41, 5.74) is 9.86. The number of carbonyl (C=O) groups is 1. The molecule has 1 aromatic carbocycles. The van der Waals surface area contributed by atoms with E-state index in [1.54, 1.807) is 0 Å². The highest BCUT2D eigenvalue weighted by Crippen LogP contribution is 2.24. The molecule has 1 fully saturated rings. The van der Waals surface area contributed by atoms with Gasteiger partial charge in [-0.05, 0) is 50.7 Å². The van der Waals surface area contributed by atoms with E-state index in [1.807, 2.05) is 13.8 Å². The fourth-order valence-corrected chi connectivity index (χ4v) is 2.82. The van der Waals surface area contributed by atoms with Gasteiger partial charge in [0.05, 0.1) is 0 Å². The molecule has 2 rings (SSSR count). The lowest BCUT2D eigenvalue weighted by molar-refractivity contribution is 0.0934. The Labute approximate surface area is 109 Å². The molecular formula is C15H22N2O. The van der Waals surface area contributed by atoms with Gasteiger partial charge in [-0.1, -0.05) is 17.7 Å². The molecule has 0 aliphatic heterocycles. The molecule has 0 radical (unpaired) electrons. The molecule has 1 saturated carbocycles. The lowest BCUT2D eigenvalue weighted by atomic mass is 9.81. The molecule has 1 amide bonds. The molecule has 0 bridgehead atoms. The average Bonchev–Trinajstić information content (AvgIpc) is 2.21. The van der Waals surface area contributed by atoms with Crippen LogP contribution in [-0.2, 0) is 0 Å². The van der Waals surface area contributed by atoms with Gasteiger partial charge in [-0.2, -0.15) is 0 Å². The molecule has 0 aromatic heterocycles. The zero-order valence-corrected chi connectivity index (χ0v) is 11.4. The first-order valence-electron chi connectivity index (χ1n) is 6.59. The first-order chi connectivity index (χ1) is 8.47. The summed E-state index contributed by atoms with van der Waals surface area (Å²) >= 11 is 0. The molecule has 1 aromatic rings. The molecule has 0 atom stereocenters. The normalized spacial score (nSPS) is 22.4. The van der Waals surface area contributed by atoms with Gasteiger partial charge in [0.2, 0.25) is 0 Å². The van der Waals surface area contributed by atoms with E-state index < -0.39 is 0 Å². The number of aryl methyl sites for hydroxylation is 3. The predicted octanol–water partition coefficient (Wildman–Crippen LogP) is 2.08. The minimum absolute atomic E-state index is 0.0467. The monoisotopic (exact) mass is 246 g/mol. The summed E-state index contributed by atoms with van der Waals surface area (Å²) < 4.78 is 0. The van der Waals surface area contributed by atoms with Gasteiger partial charge in [0, 0.05) is 18.2 Å². The summed E-state index contributed by atoms with van der Waals surface area (Å²) in [4.78, 5) is 12.2. The summed E-state index contributed by atoms with van der Waals surface area (Å²) in [6.45, 7) is 6.79. The van der Waals surface area contributed by atoms with E-state index in [9.17, 15) is 4.79 Å². The van der Waals surface area contributed by atoms with E-state index in [-0.39, 0.29) is 5.91 Å². The van der Waals surface area contributed by atoms with Crippen molar-refractivity contribution in [3.8, 4) is 0 Å². The van der Waals surface area contributed by atoms with E-state index in [0.717, 1.165) is 36.1 Å². The molecule has 18 heavy (non-hydrogen) atoms. The molecule has 3 heteroatoms. The van der Waals surface area contributed by atoms with Crippen LogP contribution in [0.4, 0.5) is 0 Å². The van der Waals surface area contributed by atoms with Gasteiger partial charge in [0.1, 0.15) is 0 Å². The predicted molar refractivity (Wildman–Crippen MR) is 73.7 cm³/mol. The fraction of sp³-hybridized carbons (Fsp3) is 0.533. The number of rotatable bonds is 3. The van der Waals surface area contributed by atoms with Crippen molar-refractivity contribution in [3.05, 3.63) is 34.4 Å². The van der Waals surface area contributed by atoms with Crippen LogP contribution in [0.1, 0.15) is 39.9 Å². The van der Waals surface area contributed by atoms with E-state index >= 15 is 0 Å². The number of hydrogen-bond donors (Lipinski definition) is 2. The lowest BCUT2D eigenvalue weighted by Crippen LogP contribution is -2.42. The minimum Gasteiger partial charge on any atom is -0.352 e. The number of amides is 1. The van der Waals surface area contributed by atoms with Crippen molar-refractivity contribution < 1.29 is 4.79 Å². The van der Waals surface area contributed by atoms with Gasteiger partial charge in [-0.3, -0.25) is 4.79 Å². The first kappa shape index (κ1) is 13.1. The van der Waals surface area contributed by atoms with Crippen molar-refractivity contribution in [3.63, 3.8) is 0 Å². The third-order valence-electron chi connectivity index (χ3n) is 3.73. The summed E-state index contributed by atoms with van der Waals surface area (Å²) in [6.07, 6.45) is 2.07. The zero-order chi connectivity index (χ0) is 13.3. The van der Waals surface area contributed by atoms with Crippen LogP contribution >= 0.6 is 0 Å². The Balaban J connectivity index is 2.00. The Kier molecular flexibility index (Phi) is 3.71. The quantitative estimate of drug-likeness (QED) is 0.858. The topological polar surface area (TPSA) is 55.1 Å². The number of nitrogens with two attached hydrogens (primary N) is 1. The van der Waals surface area contributed by atoms with Gasteiger partial charge >= 0.3 is 0 Å². The Morgan fingerprint density at radius 1 is 1.28 bits per heavy atom. The van der Waals surface area contributed by atoms with Gasteiger partial charge < -0.3 is 11.1 Å². The Morgan fingerprint density at radius 2 is 1.83 bits per heavy atom. The van der Waals surface area contributed by atoms with Crippen molar-refractivity contribution in [1.82, 2.24) is 5.32 Å². The third kappa shape index (κ3) is 2.72. The molecule has 0 spiro atoms. The molecular weight excluding hydrogens is 224 g/mol. The zero-order valence-electron chi connectivity index (χ0n) is 11.4. The van der Waals surface area contributed by atoms with Crippen LogP contribution in [0.5, 0.6) is 0 Å². The maximum Gasteiger partial charge on any atom is 0.251 e. The van der Waals surface area contributed by atoms with Crippen molar-refractivity contribution in [1.29, 1.82) is 0 Å². The molecule has 0 unspecified atom stereocenters. The number of hydrogen-bond acceptors (Lipinski definition) is 2. The van der Waals surface area contributed by atoms with E-state index in [4.69, 9.17) is 5.73 Å². The summed E-state index contributed by atoms with van der Waals surface area (Å²) in [7, 11) is 0. The van der Waals surface area contributed by atoms with Gasteiger partial charge in [0.15, 0.2) is 0 Å². The van der Waals surface area contributed by atoms with E-state index in [1.165, 1.54) is 5.56 Å². The van der Waals surface area contributed by atoms with E-state index in [2.05, 4.69) is 24.4 Å². The second-order valence-electron chi connectivity index (χ2n) is 5.58. The number of carbonyl (C=O) groups excluding carboxylic acids is 1. The summed E-state index contributed by atoms with van der Waals surface area (Å²) in [5.74, 6) is 0.612. The fourth-order valence-electron chi connectivity index (χ4n) is 2.82. The Bertz CT molecular complexity index is 439. The molecule has 0 saturated heterocycles. The maximum atomic E-state index is 12.2. The minimum atomic E-state index is 0.0467. The van der Waals surface area contributed by atoms with Crippen molar-refractivity contribution in [2.24, 2.45) is 11.7 Å². The largest absolute Gasteiger partial charge is 0.352 e. The Hall–Kier alpha value is -1.35. The highest BCUT2D eigenvalue weighted by Gasteiger charge is 2.26. The van der Waals surface area contributed by atoms with E-state index in [0.29, 0.717) is 12.0 Å². The van der Waals surface area contributed by atoms with Crippen molar-refractivity contribution >= 4 is 5.91 Å². The van der Waals surface area contributed by atoms with Crippen LogP contribution in [0.25, 0.3) is 0 Å². The standard InChI is InChI=1S/C15H22N2O/c1-9-4-10(2)14(11(3)5-9)15(18)17-8-12-6-13(16)7-12/h4-5,12-13H,6-8,16H2,1-3H3,(H,17,18). The highest BCUT2D eigenvalue weighted by molar-refractivity contribution is 5.97. The van der Waals surface area contributed by atoms with Crippen LogP contribution in [0.15, 0.2) is 12.1 Å². The van der Waals surface area contributed by atoms with Crippen LogP contribution < -0.4 is 11.1 Å². The molecule has 0 heterocycles. The van der Waals surface area contributed by atoms with Crippen molar-refractivity contribution in [2.75, 3.05) is 6.54 Å². The highest BCUT2D eigenvalue weighted by atomic mass is 16.1. The molecule has 1 aliphatic carbocycles. The first-order valence-corrected chi connectivity index (χ1v) is 6.59. The number of benzene rings is 1. The van der Waals surface area contributed by atoms with Crippen molar-refractivity contribution in [2.45, 2.75) is 39.7 Å². The lowest BCUT2D eigenvalue weighted by Gasteiger charge is -2.32. The molecule has 98 valence electrons.